The molecule has 0 bridgehead atoms. The highest BCUT2D eigenvalue weighted by Gasteiger charge is 2.38. The van der Waals surface area contributed by atoms with Gasteiger partial charge in [0.1, 0.15) is 6.33 Å². The van der Waals surface area contributed by atoms with E-state index in [0.29, 0.717) is 12.1 Å². The first-order chi connectivity index (χ1) is 12.9. The zero-order valence-corrected chi connectivity index (χ0v) is 13.9. The highest BCUT2D eigenvalue weighted by atomic mass is 19.4. The van der Waals surface area contributed by atoms with Crippen LogP contribution in [0.15, 0.2) is 47.5 Å². The molecule has 1 aromatic carbocycles. The van der Waals surface area contributed by atoms with E-state index in [9.17, 15) is 18.0 Å². The van der Waals surface area contributed by atoms with Crippen LogP contribution in [0.5, 0.6) is 0 Å². The Hall–Kier alpha value is -3.17. The number of aromatic nitrogens is 4. The van der Waals surface area contributed by atoms with Crippen molar-refractivity contribution in [3.63, 3.8) is 0 Å². The van der Waals surface area contributed by atoms with Gasteiger partial charge in [-0.25, -0.2) is 9.78 Å². The average Bonchev–Trinajstić information content (AvgIpc) is 3.13. The summed E-state index contributed by atoms with van der Waals surface area (Å²) < 4.78 is 43.3. The fraction of sp³-hybridized carbons (Fsp3) is 0.294. The van der Waals surface area contributed by atoms with Crippen molar-refractivity contribution >= 4 is 6.03 Å². The molecule has 0 radical (unpaired) electrons. The molecule has 4 rings (SSSR count). The van der Waals surface area contributed by atoms with E-state index in [0.717, 1.165) is 18.4 Å². The van der Waals surface area contributed by atoms with Crippen LogP contribution < -0.4 is 0 Å². The minimum absolute atomic E-state index is 0.137. The predicted octanol–water partition coefficient (Wildman–Crippen LogP) is 3.58. The minimum atomic E-state index is -4.68. The molecule has 1 aliphatic carbocycles. The van der Waals surface area contributed by atoms with E-state index < -0.39 is 12.1 Å². The summed E-state index contributed by atoms with van der Waals surface area (Å²) in [6, 6.07) is 6.70. The van der Waals surface area contributed by atoms with Gasteiger partial charge in [0.25, 0.3) is 0 Å². The monoisotopic (exact) mass is 377 g/mol. The number of carbonyl (C=O) groups excluding carboxylic acids is 1. The van der Waals surface area contributed by atoms with Gasteiger partial charge >= 0.3 is 18.1 Å². The van der Waals surface area contributed by atoms with Crippen LogP contribution in [0.25, 0.3) is 11.4 Å². The van der Waals surface area contributed by atoms with Gasteiger partial charge in [-0.2, -0.15) is 18.2 Å². The Morgan fingerprint density at radius 3 is 2.56 bits per heavy atom. The molecule has 140 valence electrons. The van der Waals surface area contributed by atoms with Crippen LogP contribution in [0.2, 0.25) is 0 Å². The lowest BCUT2D eigenvalue weighted by atomic mass is 10.1. The number of halogens is 3. The van der Waals surface area contributed by atoms with Crippen LogP contribution in [-0.2, 0) is 12.7 Å². The lowest BCUT2D eigenvalue weighted by Gasteiger charge is -2.22. The zero-order chi connectivity index (χ0) is 19.0. The van der Waals surface area contributed by atoms with E-state index >= 15 is 0 Å². The quantitative estimate of drug-likeness (QED) is 0.695. The first kappa shape index (κ1) is 17.3. The highest BCUT2D eigenvalue weighted by Crippen LogP contribution is 2.31. The maximum atomic E-state index is 12.6. The fourth-order valence-corrected chi connectivity index (χ4v) is 2.67. The first-order valence-corrected chi connectivity index (χ1v) is 8.21. The summed E-state index contributed by atoms with van der Waals surface area (Å²) in [6.45, 7) is 0.391. The van der Waals surface area contributed by atoms with Gasteiger partial charge in [0, 0.05) is 30.5 Å². The van der Waals surface area contributed by atoms with Crippen molar-refractivity contribution in [2.24, 2.45) is 0 Å². The maximum Gasteiger partial charge on any atom is 0.471 e. The summed E-state index contributed by atoms with van der Waals surface area (Å²) in [5.41, 5.74) is 1.25. The topological polar surface area (TPSA) is 77.0 Å². The van der Waals surface area contributed by atoms with E-state index in [2.05, 4.69) is 19.6 Å². The summed E-state index contributed by atoms with van der Waals surface area (Å²) in [7, 11) is 0. The molecular formula is C17H14F3N5O2. The second kappa shape index (κ2) is 6.53. The van der Waals surface area contributed by atoms with Gasteiger partial charge < -0.3 is 9.42 Å². The van der Waals surface area contributed by atoms with Gasteiger partial charge in [0.2, 0.25) is 5.82 Å². The molecule has 0 saturated heterocycles. The molecule has 0 N–H and O–H groups in total. The van der Waals surface area contributed by atoms with Gasteiger partial charge in [-0.1, -0.05) is 29.4 Å². The van der Waals surface area contributed by atoms with Gasteiger partial charge in [-0.15, -0.1) is 0 Å². The van der Waals surface area contributed by atoms with E-state index in [1.54, 1.807) is 35.4 Å². The molecule has 0 spiro atoms. The third-order valence-corrected chi connectivity index (χ3v) is 4.19. The van der Waals surface area contributed by atoms with Crippen LogP contribution >= 0.6 is 0 Å². The molecule has 1 saturated carbocycles. The molecule has 1 aliphatic rings. The summed E-state index contributed by atoms with van der Waals surface area (Å²) in [5, 5.41) is 3.36. The van der Waals surface area contributed by atoms with Crippen LogP contribution in [0.4, 0.5) is 18.0 Å². The molecule has 0 aliphatic heterocycles. The third kappa shape index (κ3) is 3.69. The Balaban J connectivity index is 1.50. The molecular weight excluding hydrogens is 363 g/mol. The lowest BCUT2D eigenvalue weighted by molar-refractivity contribution is -0.159. The molecule has 0 atom stereocenters. The van der Waals surface area contributed by atoms with E-state index in [-0.39, 0.29) is 17.9 Å². The van der Waals surface area contributed by atoms with Crippen molar-refractivity contribution in [2.45, 2.75) is 31.6 Å². The predicted molar refractivity (Wildman–Crippen MR) is 86.3 cm³/mol. The largest absolute Gasteiger partial charge is 0.471 e. The summed E-state index contributed by atoms with van der Waals surface area (Å²) in [6.07, 6.45) is 1.80. The smallest absolute Gasteiger partial charge is 0.329 e. The lowest BCUT2D eigenvalue weighted by Crippen LogP contribution is -2.35. The van der Waals surface area contributed by atoms with Crippen LogP contribution in [0.3, 0.4) is 0 Å². The van der Waals surface area contributed by atoms with Crippen LogP contribution in [0.1, 0.15) is 24.3 Å². The molecule has 27 heavy (non-hydrogen) atoms. The molecule has 0 unspecified atom stereocenters. The zero-order valence-electron chi connectivity index (χ0n) is 13.9. The van der Waals surface area contributed by atoms with Gasteiger partial charge in [0.15, 0.2) is 0 Å². The fourth-order valence-electron chi connectivity index (χ4n) is 2.67. The molecule has 2 heterocycles. The van der Waals surface area contributed by atoms with Crippen molar-refractivity contribution in [2.75, 3.05) is 0 Å². The van der Waals surface area contributed by atoms with E-state index in [4.69, 9.17) is 0 Å². The minimum Gasteiger partial charge on any atom is -0.329 e. The molecule has 2 aromatic heterocycles. The molecule has 10 heteroatoms. The second-order valence-electron chi connectivity index (χ2n) is 6.23. The average molecular weight is 377 g/mol. The number of imidazole rings is 1. The number of carbonyl (C=O) groups is 1. The van der Waals surface area contributed by atoms with Crippen molar-refractivity contribution in [1.82, 2.24) is 24.6 Å². The van der Waals surface area contributed by atoms with Crippen LogP contribution in [-0.4, -0.2) is 36.7 Å². The Labute approximate surface area is 151 Å². The van der Waals surface area contributed by atoms with Gasteiger partial charge in [0.05, 0.1) is 0 Å². The maximum absolute atomic E-state index is 12.6. The third-order valence-electron chi connectivity index (χ3n) is 4.19. The molecule has 1 fully saturated rings. The standard InChI is InChI=1S/C17H14F3N5O2/c18-17(19,20)15-22-14(23-27-15)12-3-1-11(2-4-12)9-25(13-5-6-13)16(26)24-8-7-21-10-24/h1-4,7-8,10,13H,5-6,9H2. The highest BCUT2D eigenvalue weighted by molar-refractivity contribution is 5.77. The molecule has 3 aromatic rings. The number of hydrogen-bond acceptors (Lipinski definition) is 5. The van der Waals surface area contributed by atoms with Gasteiger partial charge in [-0.3, -0.25) is 4.57 Å². The van der Waals surface area contributed by atoms with Crippen molar-refractivity contribution in [3.8, 4) is 11.4 Å². The van der Waals surface area contributed by atoms with Gasteiger partial charge in [-0.05, 0) is 18.4 Å². The van der Waals surface area contributed by atoms with Crippen molar-refractivity contribution < 1.29 is 22.5 Å². The Morgan fingerprint density at radius 1 is 1.26 bits per heavy atom. The Kier molecular flexibility index (Phi) is 4.17. The van der Waals surface area contributed by atoms with Crippen molar-refractivity contribution in [3.05, 3.63) is 54.4 Å². The Morgan fingerprint density at radius 2 is 2.00 bits per heavy atom. The number of hydrogen-bond donors (Lipinski definition) is 0. The molecule has 7 nitrogen and oxygen atoms in total. The summed E-state index contributed by atoms with van der Waals surface area (Å²) in [4.78, 5) is 21.6. The number of alkyl halides is 3. The number of rotatable bonds is 4. The number of amides is 1. The Bertz CT molecular complexity index is 930. The second-order valence-corrected chi connectivity index (χ2v) is 6.23. The normalized spacial score (nSPS) is 14.3. The van der Waals surface area contributed by atoms with E-state index in [1.165, 1.54) is 17.1 Å². The SMILES string of the molecule is O=C(N(Cc1ccc(-c2noc(C(F)(F)F)n2)cc1)C1CC1)n1ccnc1. The molecule has 1 amide bonds. The number of benzene rings is 1. The summed E-state index contributed by atoms with van der Waals surface area (Å²) >= 11 is 0. The van der Waals surface area contributed by atoms with Crippen molar-refractivity contribution in [1.29, 1.82) is 0 Å². The first-order valence-electron chi connectivity index (χ1n) is 8.21. The van der Waals surface area contributed by atoms with E-state index in [1.807, 2.05) is 0 Å². The van der Waals surface area contributed by atoms with Crippen LogP contribution in [0, 0.1) is 0 Å². The number of nitrogens with zero attached hydrogens (tertiary/aromatic N) is 5. The summed E-state index contributed by atoms with van der Waals surface area (Å²) in [5.74, 6) is -1.52.